The van der Waals surface area contributed by atoms with Gasteiger partial charge in [0.25, 0.3) is 0 Å². The van der Waals surface area contributed by atoms with Crippen LogP contribution in [-0.4, -0.2) is 26.7 Å². The van der Waals surface area contributed by atoms with Gasteiger partial charge in [-0.25, -0.2) is 0 Å². The second kappa shape index (κ2) is 4.35. The summed E-state index contributed by atoms with van der Waals surface area (Å²) in [6.07, 6.45) is 0.876. The minimum Gasteiger partial charge on any atom is -0.490 e. The van der Waals surface area contributed by atoms with Gasteiger partial charge in [-0.3, -0.25) is 10.1 Å². The number of methoxy groups -OCH3 is 1. The van der Waals surface area contributed by atoms with Gasteiger partial charge in [-0.15, -0.1) is 0 Å². The lowest BCUT2D eigenvalue weighted by molar-refractivity contribution is -0.385. The van der Waals surface area contributed by atoms with Gasteiger partial charge >= 0.3 is 15.8 Å². The zero-order valence-electron chi connectivity index (χ0n) is 8.54. The number of hydrogen-bond acceptors (Lipinski definition) is 6. The summed E-state index contributed by atoms with van der Waals surface area (Å²) in [4.78, 5) is 9.91. The summed E-state index contributed by atoms with van der Waals surface area (Å²) >= 11 is 0. The molecular formula is C8H9NO6S. The molecule has 0 aromatic heterocycles. The van der Waals surface area contributed by atoms with Gasteiger partial charge in [0.2, 0.25) is 5.75 Å². The van der Waals surface area contributed by atoms with Crippen molar-refractivity contribution < 1.29 is 22.3 Å². The number of nitro benzene ring substituents is 1. The number of benzene rings is 1. The molecule has 1 aromatic rings. The van der Waals surface area contributed by atoms with E-state index in [4.69, 9.17) is 4.74 Å². The van der Waals surface area contributed by atoms with Crippen LogP contribution in [0.15, 0.2) is 18.2 Å². The van der Waals surface area contributed by atoms with Crippen molar-refractivity contribution in [3.05, 3.63) is 28.3 Å². The van der Waals surface area contributed by atoms with Crippen molar-refractivity contribution in [2.45, 2.75) is 0 Å². The highest BCUT2D eigenvalue weighted by Gasteiger charge is 2.16. The molecule has 16 heavy (non-hydrogen) atoms. The SMILES string of the molecule is COc1cc(OS(C)(=O)=O)ccc1[N+](=O)[O-]. The third kappa shape index (κ3) is 3.09. The van der Waals surface area contributed by atoms with Crippen LogP contribution in [-0.2, 0) is 10.1 Å². The van der Waals surface area contributed by atoms with Gasteiger partial charge in [0.15, 0.2) is 0 Å². The second-order valence-corrected chi connectivity index (χ2v) is 4.45. The molecule has 7 nitrogen and oxygen atoms in total. The van der Waals surface area contributed by atoms with E-state index in [1.54, 1.807) is 0 Å². The fraction of sp³-hybridized carbons (Fsp3) is 0.250. The minimum absolute atomic E-state index is 0.0371. The van der Waals surface area contributed by atoms with Crippen LogP contribution < -0.4 is 8.92 Å². The van der Waals surface area contributed by atoms with E-state index < -0.39 is 15.0 Å². The molecule has 0 bridgehead atoms. The van der Waals surface area contributed by atoms with Crippen LogP contribution in [0, 0.1) is 10.1 Å². The first-order chi connectivity index (χ1) is 7.33. The summed E-state index contributed by atoms with van der Waals surface area (Å²) in [5.74, 6) is -0.101. The summed E-state index contributed by atoms with van der Waals surface area (Å²) in [5, 5.41) is 10.5. The molecule has 0 amide bonds. The Morgan fingerprint density at radius 3 is 2.44 bits per heavy atom. The number of nitro groups is 1. The van der Waals surface area contributed by atoms with Crippen LogP contribution in [0.2, 0.25) is 0 Å². The first kappa shape index (κ1) is 12.2. The first-order valence-electron chi connectivity index (χ1n) is 4.05. The van der Waals surface area contributed by atoms with E-state index in [2.05, 4.69) is 4.18 Å². The van der Waals surface area contributed by atoms with Gasteiger partial charge in [-0.2, -0.15) is 8.42 Å². The van der Waals surface area contributed by atoms with Crippen LogP contribution in [0.3, 0.4) is 0 Å². The van der Waals surface area contributed by atoms with E-state index in [1.165, 1.54) is 13.2 Å². The smallest absolute Gasteiger partial charge is 0.311 e. The summed E-state index contributed by atoms with van der Waals surface area (Å²) < 4.78 is 30.9. The number of rotatable bonds is 4. The lowest BCUT2D eigenvalue weighted by atomic mass is 10.3. The number of ether oxygens (including phenoxy) is 1. The van der Waals surface area contributed by atoms with E-state index >= 15 is 0 Å². The minimum atomic E-state index is -3.66. The Labute approximate surface area is 91.9 Å². The molecule has 0 fully saturated rings. The maximum absolute atomic E-state index is 10.8. The average molecular weight is 247 g/mol. The van der Waals surface area contributed by atoms with Crippen LogP contribution in [0.25, 0.3) is 0 Å². The van der Waals surface area contributed by atoms with Gasteiger partial charge in [0.1, 0.15) is 5.75 Å². The van der Waals surface area contributed by atoms with Crippen LogP contribution in [0.4, 0.5) is 5.69 Å². The summed E-state index contributed by atoms with van der Waals surface area (Å²) in [6.45, 7) is 0. The lowest BCUT2D eigenvalue weighted by Gasteiger charge is -2.05. The number of hydrogen-bond donors (Lipinski definition) is 0. The highest BCUT2D eigenvalue weighted by Crippen LogP contribution is 2.31. The Balaban J connectivity index is 3.14. The molecule has 0 saturated heterocycles. The van der Waals surface area contributed by atoms with Crippen molar-refractivity contribution >= 4 is 15.8 Å². The average Bonchev–Trinajstić information content (AvgIpc) is 2.14. The monoisotopic (exact) mass is 247 g/mol. The topological polar surface area (TPSA) is 95.7 Å². The van der Waals surface area contributed by atoms with E-state index in [0.717, 1.165) is 18.4 Å². The third-order valence-corrected chi connectivity index (χ3v) is 2.09. The van der Waals surface area contributed by atoms with Crippen LogP contribution >= 0.6 is 0 Å². The molecule has 0 atom stereocenters. The largest absolute Gasteiger partial charge is 0.490 e. The second-order valence-electron chi connectivity index (χ2n) is 2.88. The van der Waals surface area contributed by atoms with E-state index in [-0.39, 0.29) is 17.2 Å². The molecular weight excluding hydrogens is 238 g/mol. The molecule has 1 aromatic carbocycles. The Morgan fingerprint density at radius 2 is 2.00 bits per heavy atom. The predicted molar refractivity (Wildman–Crippen MR) is 55.1 cm³/mol. The molecule has 1 rings (SSSR count). The van der Waals surface area contributed by atoms with E-state index in [1.807, 2.05) is 0 Å². The molecule has 0 aliphatic heterocycles. The van der Waals surface area contributed by atoms with Gasteiger partial charge < -0.3 is 8.92 Å². The Hall–Kier alpha value is -1.83. The lowest BCUT2D eigenvalue weighted by Crippen LogP contribution is -2.06. The zero-order chi connectivity index (χ0) is 12.3. The molecule has 0 radical (unpaired) electrons. The highest BCUT2D eigenvalue weighted by molar-refractivity contribution is 7.86. The van der Waals surface area contributed by atoms with Gasteiger partial charge in [0.05, 0.1) is 18.3 Å². The van der Waals surface area contributed by atoms with Gasteiger partial charge in [0, 0.05) is 12.1 Å². The highest BCUT2D eigenvalue weighted by atomic mass is 32.2. The molecule has 0 aliphatic rings. The molecule has 0 saturated carbocycles. The maximum atomic E-state index is 10.8. The molecule has 0 aliphatic carbocycles. The van der Waals surface area contributed by atoms with Crippen LogP contribution in [0.5, 0.6) is 11.5 Å². The normalized spacial score (nSPS) is 10.9. The number of nitrogens with zero attached hydrogens (tertiary/aromatic N) is 1. The van der Waals surface area contributed by atoms with Gasteiger partial charge in [-0.05, 0) is 6.07 Å². The summed E-state index contributed by atoms with van der Waals surface area (Å²) in [6, 6.07) is 3.43. The molecule has 0 heterocycles. The fourth-order valence-electron chi connectivity index (χ4n) is 1.04. The van der Waals surface area contributed by atoms with E-state index in [0.29, 0.717) is 0 Å². The van der Waals surface area contributed by atoms with Crippen molar-refractivity contribution in [1.82, 2.24) is 0 Å². The molecule has 8 heteroatoms. The van der Waals surface area contributed by atoms with Gasteiger partial charge in [-0.1, -0.05) is 0 Å². The van der Waals surface area contributed by atoms with Crippen molar-refractivity contribution in [2.24, 2.45) is 0 Å². The fourth-order valence-corrected chi connectivity index (χ4v) is 1.49. The van der Waals surface area contributed by atoms with Crippen molar-refractivity contribution in [3.63, 3.8) is 0 Å². The quantitative estimate of drug-likeness (QED) is 0.446. The molecule has 0 spiro atoms. The summed E-state index contributed by atoms with van der Waals surface area (Å²) in [5.41, 5.74) is -0.261. The standard InChI is InChI=1S/C8H9NO6S/c1-14-8-5-6(15-16(2,12)13)3-4-7(8)9(10)11/h3-5H,1-2H3. The summed E-state index contributed by atoms with van der Waals surface area (Å²) in [7, 11) is -2.42. The van der Waals surface area contributed by atoms with Crippen molar-refractivity contribution in [3.8, 4) is 11.5 Å². The van der Waals surface area contributed by atoms with Crippen molar-refractivity contribution in [1.29, 1.82) is 0 Å². The Kier molecular flexibility index (Phi) is 3.33. The van der Waals surface area contributed by atoms with Crippen LogP contribution in [0.1, 0.15) is 0 Å². The predicted octanol–water partition coefficient (Wildman–Crippen LogP) is 0.942. The Morgan fingerprint density at radius 1 is 1.38 bits per heavy atom. The van der Waals surface area contributed by atoms with E-state index in [9.17, 15) is 18.5 Å². The van der Waals surface area contributed by atoms with Crippen molar-refractivity contribution in [2.75, 3.05) is 13.4 Å². The molecule has 0 unspecified atom stereocenters. The maximum Gasteiger partial charge on any atom is 0.311 e. The zero-order valence-corrected chi connectivity index (χ0v) is 9.35. The Bertz CT molecular complexity index is 509. The first-order valence-corrected chi connectivity index (χ1v) is 5.87. The molecule has 0 N–H and O–H groups in total. The molecule has 88 valence electrons. The third-order valence-electron chi connectivity index (χ3n) is 1.60.